The summed E-state index contributed by atoms with van der Waals surface area (Å²) in [6, 6.07) is 4.78. The zero-order valence-electron chi connectivity index (χ0n) is 16.9. The molecule has 29 heavy (non-hydrogen) atoms. The summed E-state index contributed by atoms with van der Waals surface area (Å²) in [5.74, 6) is -1.01. The molecule has 0 bridgehead atoms. The van der Waals surface area contributed by atoms with Gasteiger partial charge >= 0.3 is 11.8 Å². The molecule has 0 saturated carbocycles. The summed E-state index contributed by atoms with van der Waals surface area (Å²) in [7, 11) is 0.120. The number of halogens is 1. The van der Waals surface area contributed by atoms with Gasteiger partial charge in [0.1, 0.15) is 12.4 Å². The van der Waals surface area contributed by atoms with Gasteiger partial charge in [-0.15, -0.1) is 0 Å². The third-order valence-electron chi connectivity index (χ3n) is 4.22. The highest BCUT2D eigenvalue weighted by Crippen LogP contribution is 2.30. The van der Waals surface area contributed by atoms with Crippen molar-refractivity contribution >= 4 is 19.9 Å². The van der Waals surface area contributed by atoms with E-state index in [1.54, 1.807) is 6.20 Å². The summed E-state index contributed by atoms with van der Waals surface area (Å²) in [6.45, 7) is 7.31. The Morgan fingerprint density at radius 2 is 2.10 bits per heavy atom. The second kappa shape index (κ2) is 9.14. The highest BCUT2D eigenvalue weighted by molar-refractivity contribution is 6.76. The summed E-state index contributed by atoms with van der Waals surface area (Å²) in [6.07, 6.45) is 0.413. The van der Waals surface area contributed by atoms with Crippen molar-refractivity contribution in [2.75, 3.05) is 13.7 Å². The Morgan fingerprint density at radius 1 is 1.41 bits per heavy atom. The molecular weight excluding hydrogens is 399 g/mol. The fourth-order valence-corrected chi connectivity index (χ4v) is 3.33. The summed E-state index contributed by atoms with van der Waals surface area (Å²) in [4.78, 5) is 22.5. The first kappa shape index (κ1) is 22.5. The van der Waals surface area contributed by atoms with Gasteiger partial charge in [0.15, 0.2) is 0 Å². The van der Waals surface area contributed by atoms with Gasteiger partial charge in [-0.2, -0.15) is 9.49 Å². The van der Waals surface area contributed by atoms with E-state index in [0.717, 1.165) is 17.0 Å². The first-order valence-corrected chi connectivity index (χ1v) is 12.7. The maximum atomic E-state index is 14.7. The third-order valence-corrected chi connectivity index (χ3v) is 5.93. The Morgan fingerprint density at radius 3 is 2.69 bits per heavy atom. The normalized spacial score (nSPS) is 11.5. The van der Waals surface area contributed by atoms with Crippen molar-refractivity contribution in [2.45, 2.75) is 39.0 Å². The van der Waals surface area contributed by atoms with Crippen LogP contribution in [0.1, 0.15) is 5.56 Å². The molecule has 11 heteroatoms. The molecule has 0 unspecified atom stereocenters. The smallest absolute Gasteiger partial charge is 0.407 e. The number of carboxylic acid groups (broad SMARTS) is 1. The van der Waals surface area contributed by atoms with Gasteiger partial charge in [-0.25, -0.2) is 9.48 Å². The second-order valence-electron chi connectivity index (χ2n) is 7.92. The Labute approximate surface area is 168 Å². The number of hydrogen-bond acceptors (Lipinski definition) is 5. The quantitative estimate of drug-likeness (QED) is 0.282. The predicted molar refractivity (Wildman–Crippen MR) is 108 cm³/mol. The van der Waals surface area contributed by atoms with Crippen LogP contribution in [-0.4, -0.2) is 52.5 Å². The fraction of sp³-hybridized carbons (Fsp3) is 0.444. The van der Waals surface area contributed by atoms with E-state index in [9.17, 15) is 19.3 Å². The molecular formula is C18H25FN4O5Si. The number of benzene rings is 1. The molecule has 0 aliphatic rings. The minimum atomic E-state index is -1.25. The van der Waals surface area contributed by atoms with Crippen molar-refractivity contribution in [3.05, 3.63) is 45.9 Å². The molecule has 0 aliphatic carbocycles. The van der Waals surface area contributed by atoms with Crippen LogP contribution in [0.15, 0.2) is 24.4 Å². The molecule has 0 radical (unpaired) electrons. The number of ether oxygens (including phenoxy) is 1. The number of aromatic nitrogens is 2. The first-order valence-electron chi connectivity index (χ1n) is 9.01. The highest BCUT2D eigenvalue weighted by atomic mass is 28.3. The Kier molecular flexibility index (Phi) is 7.09. The van der Waals surface area contributed by atoms with Crippen LogP contribution in [0.4, 0.5) is 14.9 Å². The van der Waals surface area contributed by atoms with E-state index in [2.05, 4.69) is 24.7 Å². The summed E-state index contributed by atoms with van der Waals surface area (Å²) in [5.41, 5.74) is -0.161. The van der Waals surface area contributed by atoms with Crippen LogP contribution in [-0.2, 0) is 18.0 Å². The Balaban J connectivity index is 2.34. The van der Waals surface area contributed by atoms with Crippen molar-refractivity contribution in [1.82, 2.24) is 14.7 Å². The van der Waals surface area contributed by atoms with E-state index >= 15 is 0 Å². The fourth-order valence-electron chi connectivity index (χ4n) is 2.57. The number of nitro groups is 1. The number of carbonyl (C=O) groups is 1. The molecule has 1 aromatic heterocycles. The molecule has 1 aromatic carbocycles. The number of nitrogens with zero attached hydrogens (tertiary/aromatic N) is 4. The lowest BCUT2D eigenvalue weighted by atomic mass is 10.1. The largest absolute Gasteiger partial charge is 0.465 e. The van der Waals surface area contributed by atoms with Gasteiger partial charge in [-0.3, -0.25) is 10.1 Å². The average molecular weight is 425 g/mol. The molecule has 2 aromatic rings. The zero-order chi connectivity index (χ0) is 21.8. The van der Waals surface area contributed by atoms with Gasteiger partial charge in [0.05, 0.1) is 11.5 Å². The lowest BCUT2D eigenvalue weighted by Crippen LogP contribution is -2.24. The number of rotatable bonds is 9. The lowest BCUT2D eigenvalue weighted by molar-refractivity contribution is -0.387. The van der Waals surface area contributed by atoms with E-state index < -0.39 is 30.6 Å². The van der Waals surface area contributed by atoms with Gasteiger partial charge in [-0.05, 0) is 12.1 Å². The van der Waals surface area contributed by atoms with Crippen molar-refractivity contribution in [3.8, 4) is 11.3 Å². The van der Waals surface area contributed by atoms with Gasteiger partial charge in [-0.1, -0.05) is 25.7 Å². The standard InChI is InChI=1S/C18H25FN4O5Si/c1-21(18(24)25)10-13-11-22(12-28-8-9-29(2,3)4)20-17(13)14-6-5-7-15(16(14)19)23(26)27/h5-7,11H,8-10,12H2,1-4H3,(H,24,25). The molecule has 0 saturated heterocycles. The molecule has 0 atom stereocenters. The van der Waals surface area contributed by atoms with Crippen molar-refractivity contribution in [1.29, 1.82) is 0 Å². The van der Waals surface area contributed by atoms with Crippen LogP contribution in [0.5, 0.6) is 0 Å². The van der Waals surface area contributed by atoms with Crippen LogP contribution in [0, 0.1) is 15.9 Å². The van der Waals surface area contributed by atoms with Gasteiger partial charge in [0.2, 0.25) is 5.82 Å². The minimum Gasteiger partial charge on any atom is -0.465 e. The van der Waals surface area contributed by atoms with Gasteiger partial charge < -0.3 is 14.7 Å². The lowest BCUT2D eigenvalue weighted by Gasteiger charge is -2.15. The third kappa shape index (κ3) is 6.09. The number of nitro benzene ring substituents is 1. The maximum Gasteiger partial charge on any atom is 0.407 e. The van der Waals surface area contributed by atoms with E-state index in [4.69, 9.17) is 9.84 Å². The average Bonchev–Trinajstić information content (AvgIpc) is 3.00. The summed E-state index contributed by atoms with van der Waals surface area (Å²) < 4.78 is 21.8. The van der Waals surface area contributed by atoms with Crippen molar-refractivity contribution < 1.29 is 24.0 Å². The molecule has 1 N–H and O–H groups in total. The van der Waals surface area contributed by atoms with E-state index in [1.807, 2.05) is 0 Å². The van der Waals surface area contributed by atoms with E-state index in [0.29, 0.717) is 12.2 Å². The number of amides is 1. The Hall–Kier alpha value is -2.79. The van der Waals surface area contributed by atoms with E-state index in [-0.39, 0.29) is 24.5 Å². The van der Waals surface area contributed by atoms with Gasteiger partial charge in [0.25, 0.3) is 0 Å². The van der Waals surface area contributed by atoms with Gasteiger partial charge in [0, 0.05) is 45.1 Å². The predicted octanol–water partition coefficient (Wildman–Crippen LogP) is 4.02. The van der Waals surface area contributed by atoms with Crippen molar-refractivity contribution in [2.24, 2.45) is 0 Å². The summed E-state index contributed by atoms with van der Waals surface area (Å²) >= 11 is 0. The van der Waals surface area contributed by atoms with Crippen LogP contribution >= 0.6 is 0 Å². The zero-order valence-corrected chi connectivity index (χ0v) is 17.9. The molecule has 1 amide bonds. The highest BCUT2D eigenvalue weighted by Gasteiger charge is 2.23. The maximum absolute atomic E-state index is 14.7. The SMILES string of the molecule is CN(Cc1cn(COCC[Si](C)(C)C)nc1-c1cccc([N+](=O)[O-])c1F)C(=O)O. The molecule has 9 nitrogen and oxygen atoms in total. The molecule has 0 spiro atoms. The first-order chi connectivity index (χ1) is 13.5. The monoisotopic (exact) mass is 424 g/mol. The molecule has 1 heterocycles. The summed E-state index contributed by atoms with van der Waals surface area (Å²) in [5, 5.41) is 24.5. The molecule has 0 aliphatic heterocycles. The van der Waals surface area contributed by atoms with Crippen LogP contribution in [0.2, 0.25) is 25.7 Å². The van der Waals surface area contributed by atoms with Crippen LogP contribution < -0.4 is 0 Å². The van der Waals surface area contributed by atoms with Crippen LogP contribution in [0.3, 0.4) is 0 Å². The number of hydrogen-bond donors (Lipinski definition) is 1. The molecule has 2 rings (SSSR count). The second-order valence-corrected chi connectivity index (χ2v) is 13.5. The van der Waals surface area contributed by atoms with E-state index in [1.165, 1.54) is 23.9 Å². The topological polar surface area (TPSA) is 111 Å². The van der Waals surface area contributed by atoms with Crippen LogP contribution in [0.25, 0.3) is 11.3 Å². The molecule has 158 valence electrons. The van der Waals surface area contributed by atoms with Crippen molar-refractivity contribution in [3.63, 3.8) is 0 Å². The minimum absolute atomic E-state index is 0.0539. The molecule has 0 fully saturated rings. The Bertz CT molecular complexity index is 897.